The molecule has 0 unspecified atom stereocenters. The standard InChI is InChI=1S/C13H12ClN3OS/c14-13-16-7-8(19-13)6-15-10-2-1-3-11-9(10)4-5-12(18)17-11/h1-3,7,15H,4-6H2,(H,17,18). The number of hydrogen-bond donors (Lipinski definition) is 2. The van der Waals surface area contributed by atoms with E-state index in [2.05, 4.69) is 15.6 Å². The van der Waals surface area contributed by atoms with Gasteiger partial charge >= 0.3 is 0 Å². The average molecular weight is 294 g/mol. The molecule has 4 nitrogen and oxygen atoms in total. The number of amides is 1. The Kier molecular flexibility index (Phi) is 3.40. The van der Waals surface area contributed by atoms with Gasteiger partial charge in [-0.2, -0.15) is 0 Å². The first-order valence-electron chi connectivity index (χ1n) is 5.98. The number of nitrogens with zero attached hydrogens (tertiary/aromatic N) is 1. The Morgan fingerprint density at radius 2 is 2.32 bits per heavy atom. The molecule has 0 radical (unpaired) electrons. The van der Waals surface area contributed by atoms with E-state index >= 15 is 0 Å². The maximum atomic E-state index is 11.4. The molecule has 0 saturated carbocycles. The van der Waals surface area contributed by atoms with Crippen molar-refractivity contribution in [1.82, 2.24) is 4.98 Å². The zero-order valence-corrected chi connectivity index (χ0v) is 11.6. The number of carbonyl (C=O) groups excluding carboxylic acids is 1. The maximum absolute atomic E-state index is 11.4. The van der Waals surface area contributed by atoms with Crippen molar-refractivity contribution < 1.29 is 4.79 Å². The van der Waals surface area contributed by atoms with E-state index in [-0.39, 0.29) is 5.91 Å². The summed E-state index contributed by atoms with van der Waals surface area (Å²) < 4.78 is 0.555. The number of thiazole rings is 1. The molecule has 2 aromatic rings. The number of benzene rings is 1. The van der Waals surface area contributed by atoms with Crippen LogP contribution in [0.2, 0.25) is 4.47 Å². The first kappa shape index (κ1) is 12.4. The second-order valence-electron chi connectivity index (χ2n) is 4.31. The van der Waals surface area contributed by atoms with Gasteiger partial charge in [0.05, 0.1) is 6.54 Å². The molecular formula is C13H12ClN3OS. The van der Waals surface area contributed by atoms with Crippen LogP contribution in [0.15, 0.2) is 24.4 Å². The normalized spacial score (nSPS) is 13.8. The highest BCUT2D eigenvalue weighted by molar-refractivity contribution is 7.15. The van der Waals surface area contributed by atoms with Crippen molar-refractivity contribution in [3.8, 4) is 0 Å². The van der Waals surface area contributed by atoms with E-state index in [1.54, 1.807) is 6.20 Å². The zero-order chi connectivity index (χ0) is 13.2. The van der Waals surface area contributed by atoms with Gasteiger partial charge in [-0.25, -0.2) is 4.98 Å². The van der Waals surface area contributed by atoms with Gasteiger partial charge in [-0.15, -0.1) is 11.3 Å². The SMILES string of the molecule is O=C1CCc2c(NCc3cnc(Cl)s3)cccc2N1. The van der Waals surface area contributed by atoms with Gasteiger partial charge in [-0.3, -0.25) is 4.79 Å². The highest BCUT2D eigenvalue weighted by Gasteiger charge is 2.17. The topological polar surface area (TPSA) is 54.0 Å². The predicted octanol–water partition coefficient (Wildman–Crippen LogP) is 3.29. The third kappa shape index (κ3) is 2.72. The summed E-state index contributed by atoms with van der Waals surface area (Å²) in [6.45, 7) is 0.689. The Balaban J connectivity index is 1.78. The number of rotatable bonds is 3. The minimum absolute atomic E-state index is 0.0823. The van der Waals surface area contributed by atoms with Crippen molar-refractivity contribution in [2.45, 2.75) is 19.4 Å². The molecule has 0 fully saturated rings. The molecule has 6 heteroatoms. The summed E-state index contributed by atoms with van der Waals surface area (Å²) in [5.74, 6) is 0.0823. The molecule has 0 atom stereocenters. The molecule has 0 bridgehead atoms. The molecule has 3 rings (SSSR count). The molecule has 98 valence electrons. The van der Waals surface area contributed by atoms with Gasteiger partial charge in [-0.05, 0) is 24.1 Å². The van der Waals surface area contributed by atoms with Crippen molar-refractivity contribution in [3.05, 3.63) is 39.3 Å². The number of hydrogen-bond acceptors (Lipinski definition) is 4. The third-order valence-corrected chi connectivity index (χ3v) is 4.15. The molecule has 2 heterocycles. The molecule has 0 spiro atoms. The minimum Gasteiger partial charge on any atom is -0.380 e. The van der Waals surface area contributed by atoms with Crippen LogP contribution in [0, 0.1) is 0 Å². The van der Waals surface area contributed by atoms with Crippen LogP contribution in [0.4, 0.5) is 11.4 Å². The van der Waals surface area contributed by atoms with E-state index in [1.807, 2.05) is 18.2 Å². The third-order valence-electron chi connectivity index (χ3n) is 3.03. The monoisotopic (exact) mass is 293 g/mol. The minimum atomic E-state index is 0.0823. The Bertz CT molecular complexity index is 626. The first-order valence-corrected chi connectivity index (χ1v) is 7.17. The Morgan fingerprint density at radius 3 is 3.11 bits per heavy atom. The lowest BCUT2D eigenvalue weighted by Crippen LogP contribution is -2.20. The van der Waals surface area contributed by atoms with E-state index in [1.165, 1.54) is 11.3 Å². The van der Waals surface area contributed by atoms with Crippen molar-refractivity contribution in [3.63, 3.8) is 0 Å². The van der Waals surface area contributed by atoms with Crippen LogP contribution < -0.4 is 10.6 Å². The van der Waals surface area contributed by atoms with Crippen molar-refractivity contribution in [2.24, 2.45) is 0 Å². The van der Waals surface area contributed by atoms with Gasteiger partial charge in [0.25, 0.3) is 0 Å². The predicted molar refractivity (Wildman–Crippen MR) is 77.8 cm³/mol. The molecule has 1 aliphatic rings. The summed E-state index contributed by atoms with van der Waals surface area (Å²) in [6, 6.07) is 5.90. The van der Waals surface area contributed by atoms with Gasteiger partial charge in [0.2, 0.25) is 5.91 Å². The van der Waals surface area contributed by atoms with Gasteiger partial charge in [0.15, 0.2) is 4.47 Å². The van der Waals surface area contributed by atoms with E-state index < -0.39 is 0 Å². The van der Waals surface area contributed by atoms with Crippen molar-refractivity contribution in [1.29, 1.82) is 0 Å². The zero-order valence-electron chi connectivity index (χ0n) is 10.1. The molecule has 1 aromatic carbocycles. The quantitative estimate of drug-likeness (QED) is 0.913. The lowest BCUT2D eigenvalue weighted by Gasteiger charge is -2.20. The second-order valence-corrected chi connectivity index (χ2v) is 6.01. The largest absolute Gasteiger partial charge is 0.380 e. The van der Waals surface area contributed by atoms with Gasteiger partial charge in [-0.1, -0.05) is 17.7 Å². The van der Waals surface area contributed by atoms with Gasteiger partial charge in [0.1, 0.15) is 0 Å². The van der Waals surface area contributed by atoms with E-state index in [4.69, 9.17) is 11.6 Å². The van der Waals surface area contributed by atoms with E-state index in [0.717, 1.165) is 28.2 Å². The van der Waals surface area contributed by atoms with Crippen LogP contribution in [0.1, 0.15) is 16.9 Å². The average Bonchev–Trinajstić information content (AvgIpc) is 2.81. The Morgan fingerprint density at radius 1 is 1.42 bits per heavy atom. The number of aromatic nitrogens is 1. The summed E-state index contributed by atoms with van der Waals surface area (Å²) in [5, 5.41) is 6.27. The Hall–Kier alpha value is -1.59. The highest BCUT2D eigenvalue weighted by Crippen LogP contribution is 2.30. The molecule has 0 saturated heterocycles. The lowest BCUT2D eigenvalue weighted by molar-refractivity contribution is -0.116. The van der Waals surface area contributed by atoms with Crippen LogP contribution in [-0.2, 0) is 17.8 Å². The first-order chi connectivity index (χ1) is 9.22. The van der Waals surface area contributed by atoms with E-state index in [0.29, 0.717) is 17.4 Å². The summed E-state index contributed by atoms with van der Waals surface area (Å²) in [4.78, 5) is 16.5. The fraction of sp³-hybridized carbons (Fsp3) is 0.231. The number of carbonyl (C=O) groups is 1. The number of anilines is 2. The van der Waals surface area contributed by atoms with Gasteiger partial charge < -0.3 is 10.6 Å². The smallest absolute Gasteiger partial charge is 0.224 e. The summed E-state index contributed by atoms with van der Waals surface area (Å²) in [5.41, 5.74) is 3.13. The van der Waals surface area contributed by atoms with Crippen LogP contribution >= 0.6 is 22.9 Å². The maximum Gasteiger partial charge on any atom is 0.224 e. The molecule has 1 aliphatic heterocycles. The second kappa shape index (κ2) is 5.19. The van der Waals surface area contributed by atoms with Crippen LogP contribution in [-0.4, -0.2) is 10.9 Å². The fourth-order valence-corrected chi connectivity index (χ4v) is 3.06. The van der Waals surface area contributed by atoms with Crippen LogP contribution in [0.5, 0.6) is 0 Å². The molecule has 0 aliphatic carbocycles. The summed E-state index contributed by atoms with van der Waals surface area (Å²) in [7, 11) is 0. The highest BCUT2D eigenvalue weighted by atomic mass is 35.5. The summed E-state index contributed by atoms with van der Waals surface area (Å²) >= 11 is 7.27. The van der Waals surface area contributed by atoms with Crippen molar-refractivity contribution >= 4 is 40.2 Å². The summed E-state index contributed by atoms with van der Waals surface area (Å²) in [6.07, 6.45) is 3.09. The van der Waals surface area contributed by atoms with Crippen molar-refractivity contribution in [2.75, 3.05) is 10.6 Å². The molecule has 19 heavy (non-hydrogen) atoms. The number of halogens is 1. The van der Waals surface area contributed by atoms with Crippen LogP contribution in [0.3, 0.4) is 0 Å². The molecular weight excluding hydrogens is 282 g/mol. The van der Waals surface area contributed by atoms with Crippen LogP contribution in [0.25, 0.3) is 0 Å². The Labute approximate surface area is 119 Å². The lowest BCUT2D eigenvalue weighted by atomic mass is 10.0. The number of fused-ring (bicyclic) bond motifs is 1. The molecule has 2 N–H and O–H groups in total. The molecule has 1 amide bonds. The molecule has 1 aromatic heterocycles. The van der Waals surface area contributed by atoms with Gasteiger partial charge in [0, 0.05) is 28.9 Å². The van der Waals surface area contributed by atoms with E-state index in [9.17, 15) is 4.79 Å². The fourth-order valence-electron chi connectivity index (χ4n) is 2.14. The number of nitrogens with one attached hydrogen (secondary N) is 2.